The standard InChI is InChI=1S/C15H28ClN3O/c1-5-7-13(11-17-8-9-20-4)10-14-15(16)12(3)18-19(14)6-2/h13,17H,5-11H2,1-4H3. The van der Waals surface area contributed by atoms with Crippen molar-refractivity contribution in [3.8, 4) is 0 Å². The van der Waals surface area contributed by atoms with Crippen LogP contribution < -0.4 is 5.32 Å². The molecule has 1 heterocycles. The summed E-state index contributed by atoms with van der Waals surface area (Å²) in [7, 11) is 1.73. The van der Waals surface area contributed by atoms with E-state index < -0.39 is 0 Å². The van der Waals surface area contributed by atoms with Crippen molar-refractivity contribution in [2.75, 3.05) is 26.8 Å². The monoisotopic (exact) mass is 301 g/mol. The molecule has 0 spiro atoms. The van der Waals surface area contributed by atoms with Crippen molar-refractivity contribution in [1.82, 2.24) is 15.1 Å². The van der Waals surface area contributed by atoms with Gasteiger partial charge < -0.3 is 10.1 Å². The Hall–Kier alpha value is -0.580. The third kappa shape index (κ3) is 5.08. The smallest absolute Gasteiger partial charge is 0.0847 e. The highest BCUT2D eigenvalue weighted by Crippen LogP contribution is 2.24. The molecule has 4 nitrogen and oxygen atoms in total. The zero-order chi connectivity index (χ0) is 15.0. The van der Waals surface area contributed by atoms with Crippen LogP contribution >= 0.6 is 11.6 Å². The highest BCUT2D eigenvalue weighted by atomic mass is 35.5. The van der Waals surface area contributed by atoms with Gasteiger partial charge in [0.15, 0.2) is 0 Å². The van der Waals surface area contributed by atoms with Crippen molar-refractivity contribution in [2.24, 2.45) is 5.92 Å². The van der Waals surface area contributed by atoms with E-state index in [1.807, 2.05) is 11.6 Å². The van der Waals surface area contributed by atoms with Crippen molar-refractivity contribution >= 4 is 11.6 Å². The van der Waals surface area contributed by atoms with Crippen LogP contribution in [0.15, 0.2) is 0 Å². The van der Waals surface area contributed by atoms with Gasteiger partial charge in [-0.25, -0.2) is 0 Å². The quantitative estimate of drug-likeness (QED) is 0.675. The van der Waals surface area contributed by atoms with Crippen LogP contribution in [0.4, 0.5) is 0 Å². The van der Waals surface area contributed by atoms with Crippen LogP contribution in [0.1, 0.15) is 38.1 Å². The second-order valence-electron chi connectivity index (χ2n) is 5.22. The molecule has 1 aromatic heterocycles. The average molecular weight is 302 g/mol. The molecule has 0 amide bonds. The number of hydrogen-bond acceptors (Lipinski definition) is 3. The van der Waals surface area contributed by atoms with Gasteiger partial charge in [0.05, 0.1) is 23.0 Å². The molecule has 5 heteroatoms. The summed E-state index contributed by atoms with van der Waals surface area (Å²) in [6.07, 6.45) is 3.37. The number of methoxy groups -OCH3 is 1. The van der Waals surface area contributed by atoms with E-state index in [9.17, 15) is 0 Å². The molecule has 0 aliphatic rings. The summed E-state index contributed by atoms with van der Waals surface area (Å²) in [5.41, 5.74) is 2.12. The number of aromatic nitrogens is 2. The number of ether oxygens (including phenoxy) is 1. The first kappa shape index (κ1) is 17.5. The van der Waals surface area contributed by atoms with Crippen molar-refractivity contribution in [3.63, 3.8) is 0 Å². The number of nitrogens with one attached hydrogen (secondary N) is 1. The molecule has 116 valence electrons. The van der Waals surface area contributed by atoms with E-state index in [0.29, 0.717) is 5.92 Å². The minimum atomic E-state index is 0.593. The second kappa shape index (κ2) is 9.37. The summed E-state index contributed by atoms with van der Waals surface area (Å²) in [6.45, 7) is 9.84. The number of nitrogens with zero attached hydrogens (tertiary/aromatic N) is 2. The molecule has 20 heavy (non-hydrogen) atoms. The molecule has 1 rings (SSSR count). The lowest BCUT2D eigenvalue weighted by Gasteiger charge is -2.18. The number of hydrogen-bond donors (Lipinski definition) is 1. The molecule has 0 radical (unpaired) electrons. The maximum absolute atomic E-state index is 6.40. The van der Waals surface area contributed by atoms with Gasteiger partial charge in [-0.3, -0.25) is 4.68 Å². The first-order valence-corrected chi connectivity index (χ1v) is 7.93. The number of rotatable bonds is 10. The number of halogens is 1. The minimum Gasteiger partial charge on any atom is -0.383 e. The van der Waals surface area contributed by atoms with Crippen LogP contribution in [-0.2, 0) is 17.7 Å². The molecule has 0 aliphatic carbocycles. The van der Waals surface area contributed by atoms with Crippen LogP contribution in [0, 0.1) is 12.8 Å². The summed E-state index contributed by atoms with van der Waals surface area (Å²) in [5, 5.41) is 8.79. The summed E-state index contributed by atoms with van der Waals surface area (Å²) in [5.74, 6) is 0.593. The van der Waals surface area contributed by atoms with Gasteiger partial charge in [0.2, 0.25) is 0 Å². The zero-order valence-electron chi connectivity index (χ0n) is 13.2. The molecular weight excluding hydrogens is 274 g/mol. The Labute approximate surface area is 127 Å². The second-order valence-corrected chi connectivity index (χ2v) is 5.60. The third-order valence-electron chi connectivity index (χ3n) is 3.55. The first-order valence-electron chi connectivity index (χ1n) is 7.55. The Morgan fingerprint density at radius 2 is 2.15 bits per heavy atom. The maximum Gasteiger partial charge on any atom is 0.0847 e. The molecule has 1 atom stereocenters. The predicted molar refractivity (Wildman–Crippen MR) is 84.5 cm³/mol. The Bertz CT molecular complexity index is 393. The summed E-state index contributed by atoms with van der Waals surface area (Å²) >= 11 is 6.40. The van der Waals surface area contributed by atoms with Crippen molar-refractivity contribution in [2.45, 2.75) is 46.6 Å². The molecule has 0 saturated heterocycles. The predicted octanol–water partition coefficient (Wildman–Crippen LogP) is 3.06. The third-order valence-corrected chi connectivity index (χ3v) is 4.04. The highest BCUT2D eigenvalue weighted by Gasteiger charge is 2.17. The van der Waals surface area contributed by atoms with E-state index in [-0.39, 0.29) is 0 Å². The molecule has 1 N–H and O–H groups in total. The molecule has 0 saturated carbocycles. The van der Waals surface area contributed by atoms with Gasteiger partial charge in [-0.1, -0.05) is 24.9 Å². The van der Waals surface area contributed by atoms with Crippen molar-refractivity contribution in [3.05, 3.63) is 16.4 Å². The van der Waals surface area contributed by atoms with Gasteiger partial charge in [0.25, 0.3) is 0 Å². The van der Waals surface area contributed by atoms with E-state index in [2.05, 4.69) is 24.3 Å². The molecule has 0 fully saturated rings. The van der Waals surface area contributed by atoms with Crippen LogP contribution in [-0.4, -0.2) is 36.6 Å². The summed E-state index contributed by atoms with van der Waals surface area (Å²) in [4.78, 5) is 0. The Kier molecular flexibility index (Phi) is 8.19. The van der Waals surface area contributed by atoms with Crippen LogP contribution in [0.5, 0.6) is 0 Å². The number of aryl methyl sites for hydroxylation is 2. The molecule has 0 bridgehead atoms. The van der Waals surface area contributed by atoms with E-state index in [1.165, 1.54) is 18.5 Å². The Morgan fingerprint density at radius 1 is 1.40 bits per heavy atom. The van der Waals surface area contributed by atoms with Gasteiger partial charge in [-0.2, -0.15) is 5.10 Å². The van der Waals surface area contributed by atoms with Gasteiger partial charge in [0, 0.05) is 20.2 Å². The van der Waals surface area contributed by atoms with Crippen molar-refractivity contribution < 1.29 is 4.74 Å². The topological polar surface area (TPSA) is 39.1 Å². The Morgan fingerprint density at radius 3 is 2.75 bits per heavy atom. The van der Waals surface area contributed by atoms with E-state index in [0.717, 1.165) is 43.4 Å². The first-order chi connectivity index (χ1) is 9.63. The van der Waals surface area contributed by atoms with Gasteiger partial charge in [-0.05, 0) is 39.2 Å². The minimum absolute atomic E-state index is 0.593. The Balaban J connectivity index is 2.64. The SMILES string of the molecule is CCCC(CNCCOC)Cc1c(Cl)c(C)nn1CC. The lowest BCUT2D eigenvalue weighted by atomic mass is 9.97. The van der Waals surface area contributed by atoms with Gasteiger partial charge in [0.1, 0.15) is 0 Å². The maximum atomic E-state index is 6.40. The van der Waals surface area contributed by atoms with Gasteiger partial charge >= 0.3 is 0 Å². The average Bonchev–Trinajstić information content (AvgIpc) is 2.71. The fourth-order valence-electron chi connectivity index (χ4n) is 2.50. The van der Waals surface area contributed by atoms with E-state index in [1.54, 1.807) is 7.11 Å². The molecule has 1 aromatic rings. The lowest BCUT2D eigenvalue weighted by molar-refractivity contribution is 0.197. The largest absolute Gasteiger partial charge is 0.383 e. The zero-order valence-corrected chi connectivity index (χ0v) is 14.0. The summed E-state index contributed by atoms with van der Waals surface area (Å²) in [6, 6.07) is 0. The van der Waals surface area contributed by atoms with E-state index >= 15 is 0 Å². The highest BCUT2D eigenvalue weighted by molar-refractivity contribution is 6.31. The summed E-state index contributed by atoms with van der Waals surface area (Å²) < 4.78 is 7.10. The fraction of sp³-hybridized carbons (Fsp3) is 0.800. The molecule has 0 aliphatic heterocycles. The molecular formula is C15H28ClN3O. The van der Waals surface area contributed by atoms with Crippen LogP contribution in [0.25, 0.3) is 0 Å². The van der Waals surface area contributed by atoms with Gasteiger partial charge in [-0.15, -0.1) is 0 Å². The van der Waals surface area contributed by atoms with Crippen LogP contribution in [0.2, 0.25) is 5.02 Å². The van der Waals surface area contributed by atoms with Crippen LogP contribution in [0.3, 0.4) is 0 Å². The lowest BCUT2D eigenvalue weighted by Crippen LogP contribution is -2.28. The molecule has 0 aromatic carbocycles. The van der Waals surface area contributed by atoms with E-state index in [4.69, 9.17) is 16.3 Å². The molecule has 1 unspecified atom stereocenters. The normalized spacial score (nSPS) is 12.8. The van der Waals surface area contributed by atoms with Crippen molar-refractivity contribution in [1.29, 1.82) is 0 Å². The fourth-order valence-corrected chi connectivity index (χ4v) is 2.71.